The van der Waals surface area contributed by atoms with Crippen LogP contribution in [0.5, 0.6) is 0 Å². The normalized spacial score (nSPS) is 16.7. The fraction of sp³-hybridized carbons (Fsp3) is 0.250. The number of nitrogens with zero attached hydrogens (tertiary/aromatic N) is 1. The molecule has 21 heavy (non-hydrogen) atoms. The zero-order valence-corrected chi connectivity index (χ0v) is 12.0. The lowest BCUT2D eigenvalue weighted by Crippen LogP contribution is -2.26. The third-order valence-electron chi connectivity index (χ3n) is 3.14. The molecule has 0 spiro atoms. The van der Waals surface area contributed by atoms with Gasteiger partial charge in [0.05, 0.1) is 23.7 Å². The first-order valence-corrected chi connectivity index (χ1v) is 6.81. The van der Waals surface area contributed by atoms with Crippen LogP contribution >= 0.6 is 0 Å². The van der Waals surface area contributed by atoms with Crippen molar-refractivity contribution in [3.05, 3.63) is 53.3 Å². The SMILES string of the molecule is CC1=CC(=Nc2ccc(CN)cc2)C(NCCO)=CC1=O. The zero-order chi connectivity index (χ0) is 15.2. The summed E-state index contributed by atoms with van der Waals surface area (Å²) < 4.78 is 0. The molecule has 0 saturated heterocycles. The Morgan fingerprint density at radius 2 is 1.95 bits per heavy atom. The van der Waals surface area contributed by atoms with Crippen LogP contribution in [0.2, 0.25) is 0 Å². The lowest BCUT2D eigenvalue weighted by molar-refractivity contribution is -0.111. The number of hydrogen-bond acceptors (Lipinski definition) is 5. The van der Waals surface area contributed by atoms with Gasteiger partial charge in [-0.05, 0) is 36.3 Å². The van der Waals surface area contributed by atoms with E-state index in [2.05, 4.69) is 10.3 Å². The van der Waals surface area contributed by atoms with Crippen molar-refractivity contribution in [2.24, 2.45) is 10.7 Å². The minimum absolute atomic E-state index is 0.00724. The predicted molar refractivity (Wildman–Crippen MR) is 83.4 cm³/mol. The Balaban J connectivity index is 2.30. The number of aliphatic imine (C=N–C) groups is 1. The summed E-state index contributed by atoms with van der Waals surface area (Å²) in [6.45, 7) is 2.62. The Hall–Kier alpha value is -2.24. The molecule has 5 heteroatoms. The summed E-state index contributed by atoms with van der Waals surface area (Å²) in [7, 11) is 0. The fourth-order valence-corrected chi connectivity index (χ4v) is 1.94. The molecule has 5 nitrogen and oxygen atoms in total. The Bertz CT molecular complexity index is 613. The highest BCUT2D eigenvalue weighted by Gasteiger charge is 2.15. The molecule has 0 amide bonds. The minimum Gasteiger partial charge on any atom is -0.395 e. The van der Waals surface area contributed by atoms with Gasteiger partial charge in [-0.2, -0.15) is 0 Å². The van der Waals surface area contributed by atoms with Crippen LogP contribution in [-0.2, 0) is 11.3 Å². The largest absolute Gasteiger partial charge is 0.395 e. The standard InChI is InChI=1S/C16H19N3O2/c1-11-8-15(14(9-16(11)21)18-6-7-20)19-13-4-2-12(10-17)3-5-13/h2-5,8-9,18,20H,6-7,10,17H2,1H3. The first kappa shape index (κ1) is 15.2. The molecule has 1 aromatic rings. The smallest absolute Gasteiger partial charge is 0.183 e. The van der Waals surface area contributed by atoms with Gasteiger partial charge in [-0.25, -0.2) is 4.99 Å². The van der Waals surface area contributed by atoms with Gasteiger partial charge >= 0.3 is 0 Å². The molecule has 0 radical (unpaired) electrons. The molecule has 2 rings (SSSR count). The van der Waals surface area contributed by atoms with Crippen LogP contribution in [0.15, 0.2) is 52.7 Å². The number of aliphatic hydroxyl groups excluding tert-OH is 1. The third kappa shape index (κ3) is 3.87. The number of carbonyl (C=O) groups excluding carboxylic acids is 1. The van der Waals surface area contributed by atoms with Gasteiger partial charge in [0.25, 0.3) is 0 Å². The van der Waals surface area contributed by atoms with Gasteiger partial charge in [-0.1, -0.05) is 12.1 Å². The van der Waals surface area contributed by atoms with E-state index in [0.717, 1.165) is 11.3 Å². The van der Waals surface area contributed by atoms with Crippen LogP contribution in [0.25, 0.3) is 0 Å². The van der Waals surface area contributed by atoms with Gasteiger partial charge in [-0.15, -0.1) is 0 Å². The molecule has 4 N–H and O–H groups in total. The van der Waals surface area contributed by atoms with Crippen LogP contribution in [0.4, 0.5) is 5.69 Å². The minimum atomic E-state index is -0.0483. The van der Waals surface area contributed by atoms with E-state index < -0.39 is 0 Å². The number of carbonyl (C=O) groups is 1. The summed E-state index contributed by atoms with van der Waals surface area (Å²) in [5.74, 6) is -0.0483. The molecule has 1 aliphatic carbocycles. The number of benzene rings is 1. The second-order valence-corrected chi connectivity index (χ2v) is 4.77. The van der Waals surface area contributed by atoms with E-state index >= 15 is 0 Å². The van der Waals surface area contributed by atoms with Gasteiger partial charge in [0.1, 0.15) is 0 Å². The van der Waals surface area contributed by atoms with Crippen molar-refractivity contribution in [2.75, 3.05) is 13.2 Å². The molecule has 0 aliphatic heterocycles. The summed E-state index contributed by atoms with van der Waals surface area (Å²) >= 11 is 0. The lowest BCUT2D eigenvalue weighted by Gasteiger charge is -2.15. The van der Waals surface area contributed by atoms with Crippen molar-refractivity contribution in [2.45, 2.75) is 13.5 Å². The first-order chi connectivity index (χ1) is 10.1. The second kappa shape index (κ2) is 6.97. The Morgan fingerprint density at radius 1 is 1.24 bits per heavy atom. The molecule has 0 aromatic heterocycles. The summed E-state index contributed by atoms with van der Waals surface area (Å²) in [5, 5.41) is 11.9. The van der Waals surface area contributed by atoms with Crippen molar-refractivity contribution >= 4 is 17.2 Å². The molecule has 0 unspecified atom stereocenters. The molecule has 0 bridgehead atoms. The average Bonchev–Trinajstić information content (AvgIpc) is 2.50. The molecule has 0 atom stereocenters. The highest BCUT2D eigenvalue weighted by molar-refractivity contribution is 6.22. The Kier molecular flexibility index (Phi) is 5.03. The number of allylic oxidation sites excluding steroid dienone is 3. The van der Waals surface area contributed by atoms with Crippen LogP contribution < -0.4 is 11.1 Å². The van der Waals surface area contributed by atoms with E-state index in [1.807, 2.05) is 24.3 Å². The molecule has 1 aromatic carbocycles. The maximum absolute atomic E-state index is 11.7. The molecule has 0 saturated carbocycles. The molecule has 1 aliphatic rings. The number of nitrogens with one attached hydrogen (secondary N) is 1. The van der Waals surface area contributed by atoms with Gasteiger partial charge in [0, 0.05) is 19.2 Å². The van der Waals surface area contributed by atoms with Crippen LogP contribution in [0.1, 0.15) is 12.5 Å². The van der Waals surface area contributed by atoms with Crippen LogP contribution in [0.3, 0.4) is 0 Å². The van der Waals surface area contributed by atoms with Crippen molar-refractivity contribution in [1.29, 1.82) is 0 Å². The summed E-state index contributed by atoms with van der Waals surface area (Å²) in [6, 6.07) is 7.62. The molecular weight excluding hydrogens is 266 g/mol. The van der Waals surface area contributed by atoms with Crippen LogP contribution in [0, 0.1) is 0 Å². The van der Waals surface area contributed by atoms with E-state index in [-0.39, 0.29) is 12.4 Å². The average molecular weight is 285 g/mol. The molecule has 0 fully saturated rings. The number of ketones is 1. The van der Waals surface area contributed by atoms with E-state index in [1.54, 1.807) is 13.0 Å². The highest BCUT2D eigenvalue weighted by atomic mass is 16.3. The van der Waals surface area contributed by atoms with Crippen molar-refractivity contribution in [1.82, 2.24) is 5.32 Å². The van der Waals surface area contributed by atoms with E-state index in [0.29, 0.717) is 30.1 Å². The Morgan fingerprint density at radius 3 is 2.57 bits per heavy atom. The van der Waals surface area contributed by atoms with Crippen LogP contribution in [-0.4, -0.2) is 29.8 Å². The fourth-order valence-electron chi connectivity index (χ4n) is 1.94. The van der Waals surface area contributed by atoms with Gasteiger partial charge in [0.2, 0.25) is 0 Å². The maximum Gasteiger partial charge on any atom is 0.183 e. The topological polar surface area (TPSA) is 87.7 Å². The molecule has 110 valence electrons. The summed E-state index contributed by atoms with van der Waals surface area (Å²) in [6.07, 6.45) is 3.26. The highest BCUT2D eigenvalue weighted by Crippen LogP contribution is 2.18. The lowest BCUT2D eigenvalue weighted by atomic mass is 10.0. The number of hydrogen-bond donors (Lipinski definition) is 3. The predicted octanol–water partition coefficient (Wildman–Crippen LogP) is 1.21. The van der Waals surface area contributed by atoms with Crippen molar-refractivity contribution in [3.8, 4) is 0 Å². The quantitative estimate of drug-likeness (QED) is 0.710. The monoisotopic (exact) mass is 285 g/mol. The van der Waals surface area contributed by atoms with Gasteiger partial charge in [0.15, 0.2) is 5.78 Å². The molecular formula is C16H19N3O2. The summed E-state index contributed by atoms with van der Waals surface area (Å²) in [5.41, 5.74) is 9.35. The van der Waals surface area contributed by atoms with Gasteiger partial charge in [-0.3, -0.25) is 4.79 Å². The number of aliphatic hydroxyl groups is 1. The van der Waals surface area contributed by atoms with Crippen molar-refractivity contribution < 1.29 is 9.90 Å². The van der Waals surface area contributed by atoms with E-state index in [1.165, 1.54) is 6.08 Å². The Labute approximate surface area is 123 Å². The van der Waals surface area contributed by atoms with E-state index in [4.69, 9.17) is 10.8 Å². The number of nitrogens with two attached hydrogens (primary N) is 1. The van der Waals surface area contributed by atoms with E-state index in [9.17, 15) is 4.79 Å². The number of rotatable bonds is 5. The second-order valence-electron chi connectivity index (χ2n) is 4.77. The maximum atomic E-state index is 11.7. The van der Waals surface area contributed by atoms with Gasteiger partial charge < -0.3 is 16.2 Å². The zero-order valence-electron chi connectivity index (χ0n) is 12.0. The third-order valence-corrected chi connectivity index (χ3v) is 3.14. The first-order valence-electron chi connectivity index (χ1n) is 6.81. The molecule has 0 heterocycles. The summed E-state index contributed by atoms with van der Waals surface area (Å²) in [4.78, 5) is 16.3. The van der Waals surface area contributed by atoms with Crippen molar-refractivity contribution in [3.63, 3.8) is 0 Å².